The largest absolute Gasteiger partial charge is 0.493 e. The van der Waals surface area contributed by atoms with E-state index in [1.165, 1.54) is 0 Å². The molecule has 0 bridgehead atoms. The van der Waals surface area contributed by atoms with Crippen molar-refractivity contribution in [3.63, 3.8) is 0 Å². The zero-order valence-corrected chi connectivity index (χ0v) is 18.5. The van der Waals surface area contributed by atoms with Crippen LogP contribution in [0.4, 0.5) is 0 Å². The van der Waals surface area contributed by atoms with Gasteiger partial charge in [0.1, 0.15) is 5.75 Å². The Morgan fingerprint density at radius 2 is 1.78 bits per heavy atom. The number of rotatable bonds is 8. The molecular formula is C25H26N2O5. The first-order valence-corrected chi connectivity index (χ1v) is 10.7. The average molecular weight is 434 g/mol. The number of nitrogens with zero attached hydrogens (tertiary/aromatic N) is 2. The molecule has 7 nitrogen and oxygen atoms in total. The molecule has 166 valence electrons. The van der Waals surface area contributed by atoms with Crippen molar-refractivity contribution < 1.29 is 19.0 Å². The molecule has 0 N–H and O–H groups in total. The van der Waals surface area contributed by atoms with Gasteiger partial charge in [-0.1, -0.05) is 13.3 Å². The van der Waals surface area contributed by atoms with E-state index in [2.05, 4.69) is 11.9 Å². The Balaban J connectivity index is 1.64. The highest BCUT2D eigenvalue weighted by molar-refractivity contribution is 5.96. The molecule has 0 radical (unpaired) electrons. The van der Waals surface area contributed by atoms with E-state index in [-0.39, 0.29) is 17.4 Å². The third-order valence-corrected chi connectivity index (χ3v) is 5.63. The van der Waals surface area contributed by atoms with Crippen molar-refractivity contribution in [2.45, 2.75) is 39.2 Å². The first kappa shape index (κ1) is 21.6. The van der Waals surface area contributed by atoms with E-state index in [1.54, 1.807) is 49.1 Å². The van der Waals surface area contributed by atoms with E-state index >= 15 is 0 Å². The van der Waals surface area contributed by atoms with Gasteiger partial charge in [0.2, 0.25) is 5.88 Å². The van der Waals surface area contributed by atoms with Gasteiger partial charge in [0.05, 0.1) is 19.9 Å². The fourth-order valence-electron chi connectivity index (χ4n) is 3.89. The van der Waals surface area contributed by atoms with Crippen molar-refractivity contribution >= 4 is 5.78 Å². The van der Waals surface area contributed by atoms with Crippen molar-refractivity contribution in [2.75, 3.05) is 14.2 Å². The Morgan fingerprint density at radius 3 is 2.47 bits per heavy atom. The van der Waals surface area contributed by atoms with E-state index in [4.69, 9.17) is 14.2 Å². The van der Waals surface area contributed by atoms with Crippen LogP contribution in [-0.4, -0.2) is 29.6 Å². The lowest BCUT2D eigenvalue weighted by molar-refractivity contribution is 0.0980. The minimum Gasteiger partial charge on any atom is -0.493 e. The fraction of sp³-hybridized carbons (Fsp3) is 0.320. The molecule has 0 saturated carbocycles. The number of carbonyl (C=O) groups is 1. The molecule has 0 fully saturated rings. The van der Waals surface area contributed by atoms with Crippen molar-refractivity contribution in [2.24, 2.45) is 0 Å². The van der Waals surface area contributed by atoms with E-state index in [1.807, 2.05) is 12.1 Å². The van der Waals surface area contributed by atoms with Gasteiger partial charge in [-0.25, -0.2) is 4.79 Å². The number of unbranched alkanes of at least 4 members (excludes halogenated alkanes) is 1. The van der Waals surface area contributed by atoms with Crippen LogP contribution in [0.3, 0.4) is 0 Å². The molecule has 1 aliphatic rings. The van der Waals surface area contributed by atoms with Crippen LogP contribution >= 0.6 is 0 Å². The molecule has 0 atom stereocenters. The molecule has 32 heavy (non-hydrogen) atoms. The van der Waals surface area contributed by atoms with Gasteiger partial charge in [0, 0.05) is 30.2 Å². The summed E-state index contributed by atoms with van der Waals surface area (Å²) < 4.78 is 18.4. The van der Waals surface area contributed by atoms with Crippen LogP contribution in [0.5, 0.6) is 23.1 Å². The average Bonchev–Trinajstić information content (AvgIpc) is 2.81. The maximum absolute atomic E-state index is 12.7. The standard InChI is InChI=1S/C25H26N2O5/c1-4-5-6-21(28)16-7-9-18(10-8-16)32-24-15-20-19-14-23(31-3)22(30-2)13-17(19)11-12-27(20)25(29)26-24/h7-10,13-15H,4-6,11-12H2,1-3H3. The molecule has 1 aliphatic heterocycles. The Bertz CT molecular complexity index is 1200. The molecule has 4 rings (SSSR count). The molecule has 0 aliphatic carbocycles. The lowest BCUT2D eigenvalue weighted by atomic mass is 9.97. The Morgan fingerprint density at radius 1 is 1.06 bits per heavy atom. The van der Waals surface area contributed by atoms with Crippen molar-refractivity contribution in [1.29, 1.82) is 0 Å². The number of methoxy groups -OCH3 is 2. The number of hydrogen-bond acceptors (Lipinski definition) is 6. The van der Waals surface area contributed by atoms with Crippen LogP contribution in [0, 0.1) is 0 Å². The predicted octanol–water partition coefficient (Wildman–Crippen LogP) is 4.65. The highest BCUT2D eigenvalue weighted by atomic mass is 16.5. The summed E-state index contributed by atoms with van der Waals surface area (Å²) in [7, 11) is 3.18. The fourth-order valence-corrected chi connectivity index (χ4v) is 3.89. The number of carbonyl (C=O) groups excluding carboxylic acids is 1. The molecule has 3 aromatic rings. The molecule has 1 aromatic heterocycles. The SMILES string of the molecule is CCCCC(=O)c1ccc(Oc2cc3n(c(=O)n2)CCc2cc(OC)c(OC)cc2-3)cc1. The van der Waals surface area contributed by atoms with E-state index in [0.717, 1.165) is 24.0 Å². The van der Waals surface area contributed by atoms with E-state index in [9.17, 15) is 9.59 Å². The van der Waals surface area contributed by atoms with Gasteiger partial charge in [-0.15, -0.1) is 0 Å². The second kappa shape index (κ2) is 9.26. The Kier molecular flexibility index (Phi) is 6.25. The van der Waals surface area contributed by atoms with Crippen LogP contribution in [0.1, 0.15) is 42.1 Å². The molecule has 2 heterocycles. The number of Topliss-reactive ketones (excluding diaryl/α,β-unsaturated/α-hetero) is 1. The molecule has 0 unspecified atom stereocenters. The molecule has 2 aromatic carbocycles. The minimum absolute atomic E-state index is 0.115. The number of benzene rings is 2. The van der Waals surface area contributed by atoms with Crippen LogP contribution < -0.4 is 19.9 Å². The maximum atomic E-state index is 12.7. The van der Waals surface area contributed by atoms with Gasteiger partial charge in [0.25, 0.3) is 0 Å². The number of aromatic nitrogens is 2. The van der Waals surface area contributed by atoms with E-state index in [0.29, 0.717) is 47.9 Å². The molecular weight excluding hydrogens is 408 g/mol. The van der Waals surface area contributed by atoms with Gasteiger partial charge < -0.3 is 14.2 Å². The normalized spacial score (nSPS) is 12.0. The molecule has 7 heteroatoms. The van der Waals surface area contributed by atoms with Gasteiger partial charge in [-0.05, 0) is 54.8 Å². The number of aryl methyl sites for hydroxylation is 1. The highest BCUT2D eigenvalue weighted by Gasteiger charge is 2.22. The summed E-state index contributed by atoms with van der Waals surface area (Å²) in [5.74, 6) is 2.08. The summed E-state index contributed by atoms with van der Waals surface area (Å²) in [5, 5.41) is 0. The minimum atomic E-state index is -0.371. The summed E-state index contributed by atoms with van der Waals surface area (Å²) in [4.78, 5) is 28.9. The van der Waals surface area contributed by atoms with Crippen molar-refractivity contribution in [1.82, 2.24) is 9.55 Å². The van der Waals surface area contributed by atoms with Gasteiger partial charge in [-0.2, -0.15) is 4.98 Å². The quantitative estimate of drug-likeness (QED) is 0.480. The summed E-state index contributed by atoms with van der Waals surface area (Å²) in [6.07, 6.45) is 3.08. The summed E-state index contributed by atoms with van der Waals surface area (Å²) >= 11 is 0. The molecule has 0 spiro atoms. The number of hydrogen-bond donors (Lipinski definition) is 0. The van der Waals surface area contributed by atoms with Crippen LogP contribution in [0.15, 0.2) is 47.3 Å². The van der Waals surface area contributed by atoms with Crippen LogP contribution in [-0.2, 0) is 13.0 Å². The second-order valence-electron chi connectivity index (χ2n) is 7.68. The first-order valence-electron chi connectivity index (χ1n) is 10.7. The Labute approximate surface area is 186 Å². The van der Waals surface area contributed by atoms with Crippen molar-refractivity contribution in [3.8, 4) is 34.4 Å². The summed E-state index contributed by atoms with van der Waals surface area (Å²) in [6, 6.07) is 12.5. The lowest BCUT2D eigenvalue weighted by Crippen LogP contribution is -2.28. The zero-order chi connectivity index (χ0) is 22.7. The maximum Gasteiger partial charge on any atom is 0.351 e. The van der Waals surface area contributed by atoms with Gasteiger partial charge in [-0.3, -0.25) is 9.36 Å². The summed E-state index contributed by atoms with van der Waals surface area (Å²) in [5.41, 5.74) is 2.95. The molecule has 0 amide bonds. The smallest absolute Gasteiger partial charge is 0.351 e. The highest BCUT2D eigenvalue weighted by Crippen LogP contribution is 2.38. The number of ether oxygens (including phenoxy) is 3. The monoisotopic (exact) mass is 434 g/mol. The third-order valence-electron chi connectivity index (χ3n) is 5.63. The Hall–Kier alpha value is -3.61. The first-order chi connectivity index (χ1) is 15.5. The van der Waals surface area contributed by atoms with Crippen LogP contribution in [0.2, 0.25) is 0 Å². The van der Waals surface area contributed by atoms with Gasteiger partial charge >= 0.3 is 5.69 Å². The molecule has 0 saturated heterocycles. The number of fused-ring (bicyclic) bond motifs is 3. The second-order valence-corrected chi connectivity index (χ2v) is 7.68. The zero-order valence-electron chi connectivity index (χ0n) is 18.5. The van der Waals surface area contributed by atoms with E-state index < -0.39 is 0 Å². The van der Waals surface area contributed by atoms with Crippen LogP contribution in [0.25, 0.3) is 11.3 Å². The summed E-state index contributed by atoms with van der Waals surface area (Å²) in [6.45, 7) is 2.59. The number of ketones is 1. The lowest BCUT2D eigenvalue weighted by Gasteiger charge is -2.23. The van der Waals surface area contributed by atoms with Gasteiger partial charge in [0.15, 0.2) is 17.3 Å². The third kappa shape index (κ3) is 4.23. The topological polar surface area (TPSA) is 79.7 Å². The van der Waals surface area contributed by atoms with Crippen molar-refractivity contribution in [3.05, 3.63) is 64.1 Å². The predicted molar refractivity (Wildman–Crippen MR) is 121 cm³/mol.